The number of anilines is 1. The van der Waals surface area contributed by atoms with Crippen molar-refractivity contribution in [3.8, 4) is 12.3 Å². The highest BCUT2D eigenvalue weighted by Gasteiger charge is 2.70. The van der Waals surface area contributed by atoms with Crippen LogP contribution in [0, 0.1) is 23.7 Å². The first kappa shape index (κ1) is 20.5. The zero-order valence-electron chi connectivity index (χ0n) is 18.2. The second-order valence-corrected chi connectivity index (χ2v) is 9.68. The van der Waals surface area contributed by atoms with Crippen LogP contribution in [0.4, 0.5) is 5.69 Å². The molecule has 1 aromatic rings. The van der Waals surface area contributed by atoms with Crippen LogP contribution in [-0.2, 0) is 19.8 Å². The van der Waals surface area contributed by atoms with Gasteiger partial charge in [0.2, 0.25) is 17.7 Å². The van der Waals surface area contributed by atoms with E-state index in [1.54, 1.807) is 9.80 Å². The van der Waals surface area contributed by atoms with Crippen molar-refractivity contribution in [3.05, 3.63) is 29.8 Å². The molecule has 6 heteroatoms. The number of amides is 3. The first-order valence-electron chi connectivity index (χ1n) is 10.6. The van der Waals surface area contributed by atoms with Gasteiger partial charge in [0, 0.05) is 18.0 Å². The SMILES string of the molecule is C#CC(C)(C)[C@]12C[C@H]3C(=O)N[C@@H](CC(C)C)C(=O)N3[C@H]1N(C(C)=O)c1ccccc12. The number of carbonyl (C=O) groups is 3. The van der Waals surface area contributed by atoms with E-state index < -0.39 is 29.1 Å². The van der Waals surface area contributed by atoms with Crippen LogP contribution in [-0.4, -0.2) is 40.9 Å². The minimum absolute atomic E-state index is 0.132. The molecule has 3 aliphatic heterocycles. The van der Waals surface area contributed by atoms with Gasteiger partial charge in [0.15, 0.2) is 0 Å². The lowest BCUT2D eigenvalue weighted by atomic mass is 9.60. The molecule has 2 saturated heterocycles. The highest BCUT2D eigenvalue weighted by molar-refractivity contribution is 6.02. The Morgan fingerprint density at radius 2 is 2.00 bits per heavy atom. The third-order valence-corrected chi connectivity index (χ3v) is 7.14. The van der Waals surface area contributed by atoms with Crippen molar-refractivity contribution in [1.29, 1.82) is 0 Å². The second-order valence-electron chi connectivity index (χ2n) is 9.68. The Labute approximate surface area is 178 Å². The Hall–Kier alpha value is -2.81. The van der Waals surface area contributed by atoms with Crippen LogP contribution in [0.3, 0.4) is 0 Å². The van der Waals surface area contributed by atoms with Crippen molar-refractivity contribution in [2.75, 3.05) is 4.90 Å². The van der Waals surface area contributed by atoms with Gasteiger partial charge in [-0.3, -0.25) is 19.3 Å². The minimum Gasteiger partial charge on any atom is -0.342 e. The lowest BCUT2D eigenvalue weighted by Gasteiger charge is -2.45. The third kappa shape index (κ3) is 2.47. The largest absolute Gasteiger partial charge is 0.342 e. The topological polar surface area (TPSA) is 69.7 Å². The van der Waals surface area contributed by atoms with Gasteiger partial charge in [-0.05, 0) is 44.2 Å². The first-order valence-corrected chi connectivity index (χ1v) is 10.6. The minimum atomic E-state index is -0.728. The normalized spacial score (nSPS) is 30.0. The molecule has 30 heavy (non-hydrogen) atoms. The van der Waals surface area contributed by atoms with E-state index in [4.69, 9.17) is 6.42 Å². The van der Waals surface area contributed by atoms with Gasteiger partial charge in [0.25, 0.3) is 0 Å². The molecule has 0 spiro atoms. The number of para-hydroxylation sites is 1. The first-order chi connectivity index (χ1) is 14.1. The summed E-state index contributed by atoms with van der Waals surface area (Å²) in [5.74, 6) is 2.71. The summed E-state index contributed by atoms with van der Waals surface area (Å²) in [6.45, 7) is 9.48. The summed E-state index contributed by atoms with van der Waals surface area (Å²) >= 11 is 0. The van der Waals surface area contributed by atoms with Gasteiger partial charge in [-0.15, -0.1) is 6.42 Å². The summed E-state index contributed by atoms with van der Waals surface area (Å²) in [5, 5.41) is 2.93. The molecule has 0 bridgehead atoms. The van der Waals surface area contributed by atoms with Crippen LogP contribution in [0.5, 0.6) is 0 Å². The molecule has 0 aliphatic carbocycles. The standard InChI is InChI=1S/C24H29N3O3/c1-7-23(5,6)24-13-19-20(29)25-17(12-14(2)3)21(30)27(19)22(24)26(15(4)28)18-11-9-8-10-16(18)24/h1,8-11,14,17,19,22H,12-13H2,2-6H3,(H,25,29)/t17-,19-,22+,24-/m0/s1. The van der Waals surface area contributed by atoms with E-state index in [1.165, 1.54) is 6.92 Å². The van der Waals surface area contributed by atoms with Crippen molar-refractivity contribution < 1.29 is 14.4 Å². The zero-order chi connectivity index (χ0) is 22.0. The number of hydrogen-bond acceptors (Lipinski definition) is 3. The van der Waals surface area contributed by atoms with E-state index in [9.17, 15) is 14.4 Å². The Morgan fingerprint density at radius 3 is 2.60 bits per heavy atom. The van der Waals surface area contributed by atoms with Crippen molar-refractivity contribution >= 4 is 23.4 Å². The highest BCUT2D eigenvalue weighted by atomic mass is 16.2. The van der Waals surface area contributed by atoms with Gasteiger partial charge in [-0.2, -0.15) is 0 Å². The third-order valence-electron chi connectivity index (χ3n) is 7.14. The fourth-order valence-corrected chi connectivity index (χ4v) is 5.72. The molecule has 6 nitrogen and oxygen atoms in total. The van der Waals surface area contributed by atoms with Crippen molar-refractivity contribution in [2.24, 2.45) is 11.3 Å². The molecule has 4 rings (SSSR count). The Balaban J connectivity index is 1.95. The lowest BCUT2D eigenvalue weighted by molar-refractivity contribution is -0.150. The van der Waals surface area contributed by atoms with E-state index in [0.29, 0.717) is 12.8 Å². The Kier molecular flexibility index (Phi) is 4.50. The number of piperazine rings is 1. The lowest BCUT2D eigenvalue weighted by Crippen LogP contribution is -2.66. The maximum Gasteiger partial charge on any atom is 0.247 e. The maximum atomic E-state index is 13.6. The molecule has 1 N–H and O–H groups in total. The average Bonchev–Trinajstić information content (AvgIpc) is 3.17. The fourth-order valence-electron chi connectivity index (χ4n) is 5.72. The number of terminal acetylenes is 1. The summed E-state index contributed by atoms with van der Waals surface area (Å²) in [6.07, 6.45) is 6.34. The maximum absolute atomic E-state index is 13.6. The van der Waals surface area contributed by atoms with Gasteiger partial charge >= 0.3 is 0 Å². The molecule has 4 atom stereocenters. The quantitative estimate of drug-likeness (QED) is 0.783. The van der Waals surface area contributed by atoms with Crippen molar-refractivity contribution in [2.45, 2.75) is 71.1 Å². The summed E-state index contributed by atoms with van der Waals surface area (Å²) < 4.78 is 0. The number of nitrogens with one attached hydrogen (secondary N) is 1. The molecule has 0 unspecified atom stereocenters. The highest BCUT2D eigenvalue weighted by Crippen LogP contribution is 2.62. The number of carbonyl (C=O) groups excluding carboxylic acids is 3. The van der Waals surface area contributed by atoms with Gasteiger partial charge in [-0.25, -0.2) is 0 Å². The number of rotatable bonds is 3. The van der Waals surface area contributed by atoms with Crippen molar-refractivity contribution in [1.82, 2.24) is 10.2 Å². The molecule has 158 valence electrons. The van der Waals surface area contributed by atoms with E-state index in [1.807, 2.05) is 52.0 Å². The molecule has 3 aliphatic rings. The molecule has 3 heterocycles. The molecule has 1 aromatic carbocycles. The van der Waals surface area contributed by atoms with Gasteiger partial charge < -0.3 is 10.2 Å². The van der Waals surface area contributed by atoms with Gasteiger partial charge in [0.1, 0.15) is 18.2 Å². The number of benzene rings is 1. The van der Waals surface area contributed by atoms with Crippen LogP contribution in [0.2, 0.25) is 0 Å². The summed E-state index contributed by atoms with van der Waals surface area (Å²) in [4.78, 5) is 43.0. The smallest absolute Gasteiger partial charge is 0.247 e. The molecular formula is C24H29N3O3. The Bertz CT molecular complexity index is 976. The Morgan fingerprint density at radius 1 is 1.33 bits per heavy atom. The average molecular weight is 408 g/mol. The fraction of sp³-hybridized carbons (Fsp3) is 0.542. The summed E-state index contributed by atoms with van der Waals surface area (Å²) in [7, 11) is 0. The molecular weight excluding hydrogens is 378 g/mol. The van der Waals surface area contributed by atoms with Crippen LogP contribution in [0.1, 0.15) is 53.0 Å². The zero-order valence-corrected chi connectivity index (χ0v) is 18.2. The molecule has 0 aromatic heterocycles. The van der Waals surface area contributed by atoms with Crippen molar-refractivity contribution in [3.63, 3.8) is 0 Å². The van der Waals surface area contributed by atoms with Gasteiger partial charge in [-0.1, -0.05) is 38.0 Å². The van der Waals surface area contributed by atoms with Crippen LogP contribution in [0.15, 0.2) is 24.3 Å². The van der Waals surface area contributed by atoms with Gasteiger partial charge in [0.05, 0.1) is 5.41 Å². The van der Waals surface area contributed by atoms with E-state index >= 15 is 0 Å². The molecule has 2 fully saturated rings. The number of hydrogen-bond donors (Lipinski definition) is 1. The second kappa shape index (κ2) is 6.60. The van der Waals surface area contributed by atoms with E-state index in [-0.39, 0.29) is 23.6 Å². The van der Waals surface area contributed by atoms with Crippen LogP contribution < -0.4 is 10.2 Å². The van der Waals surface area contributed by atoms with Crippen LogP contribution in [0.25, 0.3) is 0 Å². The number of nitrogens with zero attached hydrogens (tertiary/aromatic N) is 2. The monoisotopic (exact) mass is 407 g/mol. The number of fused-ring (bicyclic) bond motifs is 5. The summed E-state index contributed by atoms with van der Waals surface area (Å²) in [5.41, 5.74) is 0.289. The van der Waals surface area contributed by atoms with Crippen LogP contribution >= 0.6 is 0 Å². The predicted molar refractivity (Wildman–Crippen MR) is 114 cm³/mol. The van der Waals surface area contributed by atoms with E-state index in [0.717, 1.165) is 11.3 Å². The summed E-state index contributed by atoms with van der Waals surface area (Å²) in [6, 6.07) is 6.46. The predicted octanol–water partition coefficient (Wildman–Crippen LogP) is 2.42. The molecule has 0 radical (unpaired) electrons. The molecule has 0 saturated carbocycles. The van der Waals surface area contributed by atoms with E-state index in [2.05, 4.69) is 11.2 Å². The molecule has 3 amide bonds.